The molecule has 4 aliphatic carbocycles. The highest BCUT2D eigenvalue weighted by molar-refractivity contribution is 6.80. The summed E-state index contributed by atoms with van der Waals surface area (Å²) in [6.07, 6.45) is 15.4. The fraction of sp³-hybridized carbons (Fsp3) is 0.429. The molecule has 6 unspecified atom stereocenters. The Morgan fingerprint density at radius 1 is 0.655 bits per heavy atom. The van der Waals surface area contributed by atoms with Gasteiger partial charge in [-0.2, -0.15) is 0 Å². The van der Waals surface area contributed by atoms with Crippen LogP contribution in [0.4, 0.5) is 0 Å². The summed E-state index contributed by atoms with van der Waals surface area (Å²) in [5.74, 6) is 3.03. The zero-order chi connectivity index (χ0) is 19.6. The molecule has 4 aliphatic rings. The SMILES string of the molecule is C[Si](C)(C1CC=CC2c3ccccc3CC21)C1CC=CC2c3ccccc3CC21. The van der Waals surface area contributed by atoms with Crippen molar-refractivity contribution in [3.63, 3.8) is 0 Å². The molecule has 2 aromatic carbocycles. The van der Waals surface area contributed by atoms with Gasteiger partial charge in [-0.05, 0) is 70.9 Å². The number of allylic oxidation sites excluding steroid dienone is 4. The van der Waals surface area contributed by atoms with Crippen molar-refractivity contribution >= 4 is 8.07 Å². The summed E-state index contributed by atoms with van der Waals surface area (Å²) in [6, 6.07) is 18.5. The molecule has 0 amide bonds. The van der Waals surface area contributed by atoms with Crippen LogP contribution in [0.2, 0.25) is 24.2 Å². The van der Waals surface area contributed by atoms with E-state index in [-0.39, 0.29) is 0 Å². The van der Waals surface area contributed by atoms with Crippen LogP contribution < -0.4 is 0 Å². The maximum atomic E-state index is 2.75. The van der Waals surface area contributed by atoms with Gasteiger partial charge in [0, 0.05) is 11.8 Å². The van der Waals surface area contributed by atoms with Gasteiger partial charge < -0.3 is 0 Å². The fourth-order valence-corrected chi connectivity index (χ4v) is 12.6. The second-order valence-electron chi connectivity index (χ2n) is 10.5. The summed E-state index contributed by atoms with van der Waals surface area (Å²) >= 11 is 0. The number of hydrogen-bond acceptors (Lipinski definition) is 0. The molecule has 29 heavy (non-hydrogen) atoms. The van der Waals surface area contributed by atoms with E-state index in [1.54, 1.807) is 22.3 Å². The van der Waals surface area contributed by atoms with Crippen molar-refractivity contribution in [1.29, 1.82) is 0 Å². The lowest BCUT2D eigenvalue weighted by molar-refractivity contribution is 0.407. The van der Waals surface area contributed by atoms with E-state index in [2.05, 4.69) is 85.9 Å². The van der Waals surface area contributed by atoms with Gasteiger partial charge in [-0.1, -0.05) is 85.9 Å². The predicted octanol–water partition coefficient (Wildman–Crippen LogP) is 7.27. The number of fused-ring (bicyclic) bond motifs is 6. The largest absolute Gasteiger partial charge is 0.0879 e. The van der Waals surface area contributed by atoms with Gasteiger partial charge in [0.15, 0.2) is 0 Å². The highest BCUT2D eigenvalue weighted by Crippen LogP contribution is 2.59. The third-order valence-corrected chi connectivity index (χ3v) is 14.2. The third kappa shape index (κ3) is 2.63. The average Bonchev–Trinajstić information content (AvgIpc) is 3.31. The van der Waals surface area contributed by atoms with Gasteiger partial charge in [0.25, 0.3) is 0 Å². The van der Waals surface area contributed by atoms with Crippen LogP contribution in [0.5, 0.6) is 0 Å². The quantitative estimate of drug-likeness (QED) is 0.370. The minimum atomic E-state index is -1.45. The first-order valence-corrected chi connectivity index (χ1v) is 14.8. The van der Waals surface area contributed by atoms with Gasteiger partial charge >= 0.3 is 0 Å². The van der Waals surface area contributed by atoms with Crippen LogP contribution in [0.3, 0.4) is 0 Å². The first kappa shape index (κ1) is 17.9. The van der Waals surface area contributed by atoms with Crippen molar-refractivity contribution in [2.45, 2.75) is 61.7 Å². The van der Waals surface area contributed by atoms with Gasteiger partial charge in [0.1, 0.15) is 0 Å². The molecule has 0 aliphatic heterocycles. The lowest BCUT2D eigenvalue weighted by Crippen LogP contribution is -2.46. The molecular formula is C28H32Si. The van der Waals surface area contributed by atoms with Crippen LogP contribution in [-0.4, -0.2) is 8.07 Å². The van der Waals surface area contributed by atoms with E-state index in [1.807, 2.05) is 0 Å². The Labute approximate surface area is 176 Å². The second-order valence-corrected chi connectivity index (χ2v) is 15.7. The number of hydrogen-bond donors (Lipinski definition) is 0. The Bertz CT molecular complexity index is 917. The van der Waals surface area contributed by atoms with Gasteiger partial charge in [-0.3, -0.25) is 0 Å². The fourth-order valence-electron chi connectivity index (χ4n) is 7.67. The van der Waals surface area contributed by atoms with Gasteiger partial charge in [0.2, 0.25) is 0 Å². The first-order chi connectivity index (χ1) is 14.1. The lowest BCUT2D eigenvalue weighted by atomic mass is 9.83. The Morgan fingerprint density at radius 3 is 1.59 bits per heavy atom. The molecule has 2 aromatic rings. The van der Waals surface area contributed by atoms with Crippen LogP contribution in [0.25, 0.3) is 0 Å². The van der Waals surface area contributed by atoms with Crippen LogP contribution in [-0.2, 0) is 12.8 Å². The molecule has 0 fully saturated rings. The Morgan fingerprint density at radius 2 is 1.10 bits per heavy atom. The molecule has 0 saturated carbocycles. The van der Waals surface area contributed by atoms with Crippen molar-refractivity contribution < 1.29 is 0 Å². The maximum Gasteiger partial charge on any atom is 0.0548 e. The van der Waals surface area contributed by atoms with Gasteiger partial charge in [-0.25, -0.2) is 0 Å². The molecule has 0 bridgehead atoms. The summed E-state index contributed by atoms with van der Waals surface area (Å²) in [4.78, 5) is 0. The topological polar surface area (TPSA) is 0 Å². The van der Waals surface area contributed by atoms with Crippen molar-refractivity contribution in [2.24, 2.45) is 11.8 Å². The third-order valence-electron chi connectivity index (χ3n) is 9.07. The zero-order valence-corrected chi connectivity index (χ0v) is 18.7. The average molecular weight is 397 g/mol. The number of benzene rings is 2. The molecule has 0 N–H and O–H groups in total. The first-order valence-electron chi connectivity index (χ1n) is 11.6. The molecule has 0 aromatic heterocycles. The molecular weight excluding hydrogens is 364 g/mol. The summed E-state index contributed by atoms with van der Waals surface area (Å²) in [5, 5.41) is 0. The van der Waals surface area contributed by atoms with Crippen LogP contribution in [0, 0.1) is 11.8 Å². The Kier molecular flexibility index (Phi) is 4.07. The smallest absolute Gasteiger partial charge is 0.0548 e. The highest BCUT2D eigenvalue weighted by Gasteiger charge is 2.52. The minimum absolute atomic E-state index is 0.674. The molecule has 0 saturated heterocycles. The predicted molar refractivity (Wildman–Crippen MR) is 125 cm³/mol. The van der Waals surface area contributed by atoms with Crippen molar-refractivity contribution in [1.82, 2.24) is 0 Å². The molecule has 6 atom stereocenters. The second kappa shape index (κ2) is 6.57. The van der Waals surface area contributed by atoms with E-state index in [4.69, 9.17) is 0 Å². The molecule has 0 nitrogen and oxygen atoms in total. The molecule has 6 rings (SSSR count). The summed E-state index contributed by atoms with van der Waals surface area (Å²) < 4.78 is 0. The molecule has 0 spiro atoms. The Balaban J connectivity index is 1.33. The summed E-state index contributed by atoms with van der Waals surface area (Å²) in [7, 11) is -1.45. The van der Waals surface area contributed by atoms with E-state index < -0.39 is 8.07 Å². The maximum absolute atomic E-state index is 2.75. The standard InChI is InChI=1S/C28H32Si/c1-29(2,27-15-7-13-23-21-11-5-3-9-19(21)17-25(23)27)28-16-8-14-24-22-12-6-4-10-20(22)18-26(24)28/h3-14,23-28H,15-18H2,1-2H3. The lowest BCUT2D eigenvalue weighted by Gasteiger charge is -2.48. The zero-order valence-electron chi connectivity index (χ0n) is 17.7. The monoisotopic (exact) mass is 396 g/mol. The van der Waals surface area contributed by atoms with E-state index in [9.17, 15) is 0 Å². The van der Waals surface area contributed by atoms with E-state index in [1.165, 1.54) is 25.7 Å². The van der Waals surface area contributed by atoms with Crippen molar-refractivity contribution in [3.8, 4) is 0 Å². The molecule has 148 valence electrons. The molecule has 0 heterocycles. The molecule has 1 heteroatoms. The van der Waals surface area contributed by atoms with Crippen molar-refractivity contribution in [2.75, 3.05) is 0 Å². The van der Waals surface area contributed by atoms with Gasteiger partial charge in [-0.15, -0.1) is 0 Å². The van der Waals surface area contributed by atoms with Crippen LogP contribution in [0.15, 0.2) is 72.8 Å². The normalized spacial score (nSPS) is 34.4. The van der Waals surface area contributed by atoms with E-state index in [0.29, 0.717) is 11.8 Å². The number of rotatable bonds is 2. The van der Waals surface area contributed by atoms with Crippen LogP contribution in [0.1, 0.15) is 46.9 Å². The van der Waals surface area contributed by atoms with Crippen LogP contribution >= 0.6 is 0 Å². The summed E-state index contributed by atoms with van der Waals surface area (Å²) in [5.41, 5.74) is 8.31. The molecule has 0 radical (unpaired) electrons. The van der Waals surface area contributed by atoms with Crippen molar-refractivity contribution in [3.05, 3.63) is 95.1 Å². The van der Waals surface area contributed by atoms with E-state index >= 15 is 0 Å². The highest BCUT2D eigenvalue weighted by atomic mass is 28.3. The van der Waals surface area contributed by atoms with E-state index in [0.717, 1.165) is 22.9 Å². The minimum Gasteiger partial charge on any atom is -0.0879 e. The van der Waals surface area contributed by atoms with Gasteiger partial charge in [0.05, 0.1) is 8.07 Å². The Hall–Kier alpha value is -1.86. The summed E-state index contributed by atoms with van der Waals surface area (Å²) in [6.45, 7) is 5.50.